The van der Waals surface area contributed by atoms with Gasteiger partial charge < -0.3 is 15.4 Å². The van der Waals surface area contributed by atoms with Crippen LogP contribution in [0.2, 0.25) is 0 Å². The van der Waals surface area contributed by atoms with Crippen molar-refractivity contribution in [3.05, 3.63) is 56.7 Å². The van der Waals surface area contributed by atoms with Crippen LogP contribution in [0, 0.1) is 6.92 Å². The number of carbonyl (C=O) groups is 1. The number of aryl methyl sites for hydroxylation is 2. The first kappa shape index (κ1) is 19.2. The molecule has 0 spiro atoms. The second-order valence-corrected chi connectivity index (χ2v) is 7.60. The molecule has 3 heterocycles. The number of aliphatic hydroxyl groups is 1. The van der Waals surface area contributed by atoms with Gasteiger partial charge in [0.15, 0.2) is 5.82 Å². The molecule has 3 aromatic rings. The van der Waals surface area contributed by atoms with Crippen LogP contribution in [0.1, 0.15) is 32.7 Å². The van der Waals surface area contributed by atoms with Crippen molar-refractivity contribution in [2.24, 2.45) is 12.8 Å². The number of nitrogens with zero attached hydrogens (tertiary/aromatic N) is 4. The van der Waals surface area contributed by atoms with E-state index in [1.54, 1.807) is 30.1 Å². The van der Waals surface area contributed by atoms with E-state index in [0.29, 0.717) is 23.6 Å². The molecule has 0 aliphatic heterocycles. The lowest BCUT2D eigenvalue weighted by Crippen LogP contribution is -2.25. The van der Waals surface area contributed by atoms with Gasteiger partial charge in [0.25, 0.3) is 5.91 Å². The van der Waals surface area contributed by atoms with Gasteiger partial charge in [0, 0.05) is 43.6 Å². The molecular weight excluding hydrogens is 366 g/mol. The topological polar surface area (TPSA) is 114 Å². The fraction of sp³-hybridized carbons (Fsp3) is 0.333. The molecule has 0 unspecified atom stereocenters. The van der Waals surface area contributed by atoms with E-state index < -0.39 is 12.0 Å². The minimum Gasteiger partial charge on any atom is -0.384 e. The van der Waals surface area contributed by atoms with Gasteiger partial charge in [-0.1, -0.05) is 0 Å². The van der Waals surface area contributed by atoms with Crippen molar-refractivity contribution in [1.82, 2.24) is 19.4 Å². The molecule has 0 radical (unpaired) electrons. The fourth-order valence-electron chi connectivity index (χ4n) is 3.06. The molecule has 1 atom stereocenters. The Labute approximate surface area is 159 Å². The Hall–Kier alpha value is -2.62. The molecule has 0 fully saturated rings. The van der Waals surface area contributed by atoms with Crippen molar-refractivity contribution >= 4 is 27.5 Å². The van der Waals surface area contributed by atoms with Crippen molar-refractivity contribution in [3.8, 4) is 0 Å². The van der Waals surface area contributed by atoms with Gasteiger partial charge in [0.2, 0.25) is 5.43 Å². The number of rotatable bonds is 6. The molecule has 0 aromatic carbocycles. The number of amides is 1. The minimum atomic E-state index is -0.807. The van der Waals surface area contributed by atoms with Crippen molar-refractivity contribution < 1.29 is 9.90 Å². The monoisotopic (exact) mass is 387 g/mol. The summed E-state index contributed by atoms with van der Waals surface area (Å²) in [6.07, 6.45) is 3.86. The molecule has 3 rings (SSSR count). The maximum absolute atomic E-state index is 12.6. The maximum atomic E-state index is 12.6. The first-order valence-corrected chi connectivity index (χ1v) is 9.16. The average Bonchev–Trinajstić information content (AvgIpc) is 2.95. The van der Waals surface area contributed by atoms with Gasteiger partial charge >= 0.3 is 0 Å². The summed E-state index contributed by atoms with van der Waals surface area (Å²) in [4.78, 5) is 35.1. The number of aliphatic hydroxyl groups excluding tert-OH is 1. The van der Waals surface area contributed by atoms with E-state index in [4.69, 9.17) is 5.73 Å². The molecule has 0 saturated carbocycles. The number of pyridine rings is 1. The summed E-state index contributed by atoms with van der Waals surface area (Å²) in [6, 6.07) is 1.70. The van der Waals surface area contributed by atoms with E-state index in [0.717, 1.165) is 16.0 Å². The Balaban J connectivity index is 1.88. The van der Waals surface area contributed by atoms with Crippen LogP contribution >= 0.6 is 11.3 Å². The third kappa shape index (κ3) is 3.75. The lowest BCUT2D eigenvalue weighted by Gasteiger charge is -2.19. The predicted octanol–water partition coefficient (Wildman–Crippen LogP) is 0.963. The molecule has 27 heavy (non-hydrogen) atoms. The van der Waals surface area contributed by atoms with Crippen molar-refractivity contribution in [2.45, 2.75) is 19.6 Å². The van der Waals surface area contributed by atoms with Crippen molar-refractivity contribution in [3.63, 3.8) is 0 Å². The zero-order chi connectivity index (χ0) is 19.7. The summed E-state index contributed by atoms with van der Waals surface area (Å²) >= 11 is 1.35. The summed E-state index contributed by atoms with van der Waals surface area (Å²) in [5.74, 6) is -0.357. The Morgan fingerprint density at radius 1 is 1.41 bits per heavy atom. The van der Waals surface area contributed by atoms with Crippen molar-refractivity contribution in [2.75, 3.05) is 13.6 Å². The summed E-state index contributed by atoms with van der Waals surface area (Å²) in [6.45, 7) is 2.84. The van der Waals surface area contributed by atoms with E-state index in [1.807, 2.05) is 18.9 Å². The third-order valence-electron chi connectivity index (χ3n) is 4.39. The highest BCUT2D eigenvalue weighted by Gasteiger charge is 2.20. The van der Waals surface area contributed by atoms with Crippen LogP contribution in [0.25, 0.3) is 10.2 Å². The fourth-order valence-corrected chi connectivity index (χ4v) is 4.44. The van der Waals surface area contributed by atoms with Crippen LogP contribution < -0.4 is 11.2 Å². The van der Waals surface area contributed by atoms with E-state index in [-0.39, 0.29) is 11.0 Å². The number of hydrogen-bond donors (Lipinski definition) is 2. The molecule has 0 bridgehead atoms. The standard InChI is InChI=1S/C18H21N5O3S/c1-10-13(9-22(2)8-12(24)18-20-5-4-6-21-18)27-16-14(10)23(3)7-11(15(16)25)17(19)26/h4-7,12,24H,8-9H2,1-3H3,(H2,19,26)/t12-/m1/s1. The highest BCUT2D eigenvalue weighted by molar-refractivity contribution is 7.19. The van der Waals surface area contributed by atoms with Gasteiger partial charge in [-0.15, -0.1) is 11.3 Å². The van der Waals surface area contributed by atoms with Gasteiger partial charge in [-0.2, -0.15) is 0 Å². The van der Waals surface area contributed by atoms with Crippen LogP contribution in [0.5, 0.6) is 0 Å². The number of nitrogens with two attached hydrogens (primary N) is 1. The molecule has 1 amide bonds. The molecule has 3 aromatic heterocycles. The van der Waals surface area contributed by atoms with Gasteiger partial charge in [0.1, 0.15) is 11.7 Å². The van der Waals surface area contributed by atoms with Crippen LogP contribution in [0.15, 0.2) is 29.5 Å². The van der Waals surface area contributed by atoms with Gasteiger partial charge in [0.05, 0.1) is 10.2 Å². The second kappa shape index (κ2) is 7.55. The highest BCUT2D eigenvalue weighted by atomic mass is 32.1. The first-order valence-electron chi connectivity index (χ1n) is 8.34. The van der Waals surface area contributed by atoms with E-state index in [2.05, 4.69) is 9.97 Å². The number of aromatic nitrogens is 3. The number of thiophene rings is 1. The molecule has 9 heteroatoms. The third-order valence-corrected chi connectivity index (χ3v) is 5.65. The summed E-state index contributed by atoms with van der Waals surface area (Å²) in [5.41, 5.74) is 6.74. The van der Waals surface area contributed by atoms with Gasteiger partial charge in [-0.05, 0) is 25.6 Å². The highest BCUT2D eigenvalue weighted by Crippen LogP contribution is 2.29. The molecule has 142 valence electrons. The maximum Gasteiger partial charge on any atom is 0.254 e. The van der Waals surface area contributed by atoms with Gasteiger partial charge in [-0.25, -0.2) is 9.97 Å². The summed E-state index contributed by atoms with van der Waals surface area (Å²) < 4.78 is 2.28. The molecule has 8 nitrogen and oxygen atoms in total. The zero-order valence-electron chi connectivity index (χ0n) is 15.3. The molecule has 3 N–H and O–H groups in total. The molecule has 0 saturated heterocycles. The summed E-state index contributed by atoms with van der Waals surface area (Å²) in [7, 11) is 3.67. The SMILES string of the molecule is Cc1c(CN(C)C[C@@H](O)c2ncccn2)sc2c(=O)c(C(N)=O)cn(C)c12. The van der Waals surface area contributed by atoms with Crippen LogP contribution in [-0.2, 0) is 13.6 Å². The number of carbonyl (C=O) groups excluding carboxylic acids is 1. The quantitative estimate of drug-likeness (QED) is 0.651. The zero-order valence-corrected chi connectivity index (χ0v) is 16.2. The number of likely N-dealkylation sites (N-methyl/N-ethyl adjacent to an activating group) is 1. The normalized spacial score (nSPS) is 12.6. The van der Waals surface area contributed by atoms with Crippen LogP contribution in [0.3, 0.4) is 0 Å². The van der Waals surface area contributed by atoms with Crippen LogP contribution in [0.4, 0.5) is 0 Å². The lowest BCUT2D eigenvalue weighted by atomic mass is 10.2. The average molecular weight is 387 g/mol. The number of primary amides is 1. The Morgan fingerprint density at radius 2 is 2.07 bits per heavy atom. The molecular formula is C18H21N5O3S. The smallest absolute Gasteiger partial charge is 0.254 e. The minimum absolute atomic E-state index is 0.0113. The predicted molar refractivity (Wildman–Crippen MR) is 104 cm³/mol. The number of hydrogen-bond acceptors (Lipinski definition) is 7. The Bertz CT molecular complexity index is 1040. The van der Waals surface area contributed by atoms with Gasteiger partial charge in [-0.3, -0.25) is 14.5 Å². The van der Waals surface area contributed by atoms with Crippen LogP contribution in [-0.4, -0.2) is 44.0 Å². The van der Waals surface area contributed by atoms with E-state index >= 15 is 0 Å². The molecule has 0 aliphatic carbocycles. The van der Waals surface area contributed by atoms with Crippen molar-refractivity contribution in [1.29, 1.82) is 0 Å². The lowest BCUT2D eigenvalue weighted by molar-refractivity contribution is 0.0998. The second-order valence-electron chi connectivity index (χ2n) is 6.49. The first-order chi connectivity index (χ1) is 12.8. The summed E-state index contributed by atoms with van der Waals surface area (Å²) in [5, 5.41) is 10.3. The molecule has 0 aliphatic rings. The largest absolute Gasteiger partial charge is 0.384 e. The number of fused-ring (bicyclic) bond motifs is 1. The van der Waals surface area contributed by atoms with E-state index in [9.17, 15) is 14.7 Å². The van der Waals surface area contributed by atoms with E-state index in [1.165, 1.54) is 17.5 Å². The Morgan fingerprint density at radius 3 is 2.70 bits per heavy atom. The Kier molecular flexibility index (Phi) is 5.36.